The molecule has 0 spiro atoms. The minimum atomic E-state index is -8.62. The lowest BCUT2D eigenvalue weighted by Gasteiger charge is -2.42. The van der Waals surface area contributed by atoms with Crippen molar-refractivity contribution in [3.05, 3.63) is 16.0 Å². The molecule has 2 rings (SSSR count). The number of carbonyl (C=O) groups is 2. The predicted molar refractivity (Wildman–Crippen MR) is 108 cm³/mol. The number of hydrogen-bond acceptors (Lipinski definition) is 3. The van der Waals surface area contributed by atoms with Crippen LogP contribution in [0.1, 0.15) is 40.6 Å². The van der Waals surface area contributed by atoms with Crippen molar-refractivity contribution in [3.63, 3.8) is 0 Å². The van der Waals surface area contributed by atoms with Crippen LogP contribution in [0.4, 0.5) is 75.2 Å². The molecule has 1 aromatic rings. The molecule has 1 aromatic heterocycles. The molecule has 21 heteroatoms. The van der Waals surface area contributed by atoms with Crippen molar-refractivity contribution in [2.24, 2.45) is 11.7 Å². The van der Waals surface area contributed by atoms with Crippen LogP contribution in [0.25, 0.3) is 0 Å². The van der Waals surface area contributed by atoms with E-state index in [1.165, 1.54) is 0 Å². The lowest BCUT2D eigenvalue weighted by atomic mass is 9.85. The number of fused-ring (bicyclic) bond motifs is 1. The highest BCUT2D eigenvalue weighted by Crippen LogP contribution is 2.63. The summed E-state index contributed by atoms with van der Waals surface area (Å²) in [6.45, 7) is 1.73. The average Bonchev–Trinajstić information content (AvgIpc) is 3.19. The fourth-order valence-electron chi connectivity index (χ4n) is 3.81. The van der Waals surface area contributed by atoms with Gasteiger partial charge in [0, 0.05) is 4.88 Å². The molecule has 4 nitrogen and oxygen atoms in total. The van der Waals surface area contributed by atoms with Crippen molar-refractivity contribution in [2.75, 3.05) is 5.32 Å². The highest BCUT2D eigenvalue weighted by atomic mass is 32.1. The first kappa shape index (κ1) is 34.7. The molecule has 1 unspecified atom stereocenters. The molecule has 3 N–H and O–H groups in total. The van der Waals surface area contributed by atoms with Crippen LogP contribution in [-0.4, -0.2) is 59.7 Å². The summed E-state index contributed by atoms with van der Waals surface area (Å²) in [6.07, 6.45) is -4.86. The number of anilines is 1. The van der Waals surface area contributed by atoms with Gasteiger partial charge in [0.1, 0.15) is 5.00 Å². The van der Waals surface area contributed by atoms with E-state index in [4.69, 9.17) is 5.73 Å². The van der Waals surface area contributed by atoms with E-state index < -0.39 is 70.3 Å². The van der Waals surface area contributed by atoms with Gasteiger partial charge in [-0.05, 0) is 30.7 Å². The third kappa shape index (κ3) is 4.88. The van der Waals surface area contributed by atoms with Crippen molar-refractivity contribution < 1.29 is 79.8 Å². The van der Waals surface area contributed by atoms with Crippen LogP contribution in [-0.2, 0) is 17.6 Å². The van der Waals surface area contributed by atoms with E-state index in [1.54, 1.807) is 6.92 Å². The summed E-state index contributed by atoms with van der Waals surface area (Å²) in [4.78, 5) is 23.9. The van der Waals surface area contributed by atoms with Crippen molar-refractivity contribution in [3.8, 4) is 0 Å². The van der Waals surface area contributed by atoms with E-state index in [1.807, 2.05) is 0 Å². The topological polar surface area (TPSA) is 72.2 Å². The van der Waals surface area contributed by atoms with Crippen LogP contribution < -0.4 is 11.1 Å². The van der Waals surface area contributed by atoms with Crippen LogP contribution in [0.5, 0.6) is 0 Å². The summed E-state index contributed by atoms with van der Waals surface area (Å²) in [5, 5.41) is -0.191. The van der Waals surface area contributed by atoms with E-state index in [0.717, 1.165) is 5.32 Å². The van der Waals surface area contributed by atoms with Gasteiger partial charge in [0.05, 0.1) is 5.56 Å². The molecule has 2 amide bonds. The third-order valence-electron chi connectivity index (χ3n) is 6.37. The number of rotatable bonds is 11. The molecule has 1 heterocycles. The quantitative estimate of drug-likeness (QED) is 0.253. The molecular weight excluding hydrogens is 636 g/mol. The number of primary amides is 1. The van der Waals surface area contributed by atoms with Crippen LogP contribution in [0.15, 0.2) is 0 Å². The predicted octanol–water partition coefficient (Wildman–Crippen LogP) is 7.01. The first-order valence-corrected chi connectivity index (χ1v) is 11.7. The van der Waals surface area contributed by atoms with E-state index in [0.29, 0.717) is 12.8 Å². The number of thiophene rings is 1. The Balaban J connectivity index is 2.55. The Bertz CT molecular complexity index is 1180. The molecule has 0 bridgehead atoms. The zero-order chi connectivity index (χ0) is 32.4. The first-order valence-electron chi connectivity index (χ1n) is 10.9. The standard InChI is InChI=1S/C20H16F16N2O2S/c1-2-6-3-4-7-8(5-6)41-11(9(7)10(37)39)38-13(40)15(25,26)17(29,30)19(33,34)20(35,36)18(31,32)16(27,28)14(23,24)12(21)22/h6,12H,2-5H2,1H3,(H2,37,39)(H,38,40). The lowest BCUT2D eigenvalue weighted by molar-refractivity contribution is -0.443. The van der Waals surface area contributed by atoms with Gasteiger partial charge in [-0.1, -0.05) is 13.3 Å². The molecule has 1 atom stereocenters. The second-order valence-electron chi connectivity index (χ2n) is 8.91. The van der Waals surface area contributed by atoms with Crippen molar-refractivity contribution in [1.82, 2.24) is 0 Å². The zero-order valence-corrected chi connectivity index (χ0v) is 20.6. The Hall–Kier alpha value is -2.48. The molecule has 41 heavy (non-hydrogen) atoms. The van der Waals surface area contributed by atoms with Crippen molar-refractivity contribution in [1.29, 1.82) is 0 Å². The average molecular weight is 652 g/mol. The summed E-state index contributed by atoms with van der Waals surface area (Å²) < 4.78 is 216. The molecule has 1 aliphatic carbocycles. The van der Waals surface area contributed by atoms with Crippen molar-refractivity contribution in [2.45, 2.75) is 80.5 Å². The third-order valence-corrected chi connectivity index (χ3v) is 7.54. The Labute approximate surface area is 222 Å². The molecule has 0 aliphatic heterocycles. The minimum Gasteiger partial charge on any atom is -0.365 e. The van der Waals surface area contributed by atoms with Crippen molar-refractivity contribution >= 4 is 28.2 Å². The summed E-state index contributed by atoms with van der Waals surface area (Å²) in [5.74, 6) is -61.9. The number of hydrogen-bond donors (Lipinski definition) is 2. The number of amides is 2. The number of halogens is 16. The number of alkyl halides is 16. The Morgan fingerprint density at radius 3 is 1.76 bits per heavy atom. The summed E-state index contributed by atoms with van der Waals surface area (Å²) in [5.41, 5.74) is 4.36. The van der Waals surface area contributed by atoms with Gasteiger partial charge < -0.3 is 11.1 Å². The molecule has 1 aliphatic rings. The highest BCUT2D eigenvalue weighted by Gasteiger charge is 2.94. The molecule has 0 fully saturated rings. The number of nitrogens with two attached hydrogens (primary N) is 1. The normalized spacial score (nSPS) is 18.0. The molecule has 0 radical (unpaired) electrons. The van der Waals surface area contributed by atoms with Crippen LogP contribution >= 0.6 is 11.3 Å². The fourth-order valence-corrected chi connectivity index (χ4v) is 5.17. The lowest BCUT2D eigenvalue weighted by Crippen LogP contribution is -2.74. The summed E-state index contributed by atoms with van der Waals surface area (Å²) >= 11 is 0.270. The van der Waals surface area contributed by atoms with Gasteiger partial charge in [-0.3, -0.25) is 9.59 Å². The van der Waals surface area contributed by atoms with Gasteiger partial charge in [0.2, 0.25) is 0 Å². The largest absolute Gasteiger partial charge is 0.393 e. The molecule has 236 valence electrons. The maximum Gasteiger partial charge on any atom is 0.393 e. The molecule has 0 saturated carbocycles. The Morgan fingerprint density at radius 1 is 0.854 bits per heavy atom. The minimum absolute atomic E-state index is 0.0296. The SMILES string of the molecule is CCC1CCc2c(sc(NC(=O)C(F)(F)C(F)(F)C(F)(F)C(F)(F)C(F)(F)C(F)(F)C(F)(F)C(F)F)c2C(N)=O)C1. The Morgan fingerprint density at radius 2 is 1.32 bits per heavy atom. The summed E-state index contributed by atoms with van der Waals surface area (Å²) in [7, 11) is 0. The van der Waals surface area contributed by atoms with Gasteiger partial charge in [-0.25, -0.2) is 8.78 Å². The van der Waals surface area contributed by atoms with E-state index >= 15 is 0 Å². The van der Waals surface area contributed by atoms with E-state index in [9.17, 15) is 79.8 Å². The number of carbonyl (C=O) groups excluding carboxylic acids is 2. The maximum absolute atomic E-state index is 14.3. The summed E-state index contributed by atoms with van der Waals surface area (Å²) in [6, 6.07) is 0. The van der Waals surface area contributed by atoms with Crippen LogP contribution in [0, 0.1) is 5.92 Å². The van der Waals surface area contributed by atoms with Gasteiger partial charge in [0.15, 0.2) is 0 Å². The van der Waals surface area contributed by atoms with Crippen LogP contribution in [0.3, 0.4) is 0 Å². The maximum atomic E-state index is 14.3. The first-order chi connectivity index (χ1) is 18.2. The van der Waals surface area contributed by atoms with Gasteiger partial charge >= 0.3 is 53.8 Å². The highest BCUT2D eigenvalue weighted by molar-refractivity contribution is 7.17. The molecular formula is C20H16F16N2O2S. The second-order valence-corrected chi connectivity index (χ2v) is 10.0. The zero-order valence-electron chi connectivity index (χ0n) is 19.8. The smallest absolute Gasteiger partial charge is 0.365 e. The van der Waals surface area contributed by atoms with Gasteiger partial charge in [0.25, 0.3) is 5.91 Å². The van der Waals surface area contributed by atoms with E-state index in [-0.39, 0.29) is 40.5 Å². The fraction of sp³-hybridized carbons (Fsp3) is 0.700. The number of nitrogens with one attached hydrogen (secondary N) is 1. The molecule has 0 saturated heterocycles. The monoisotopic (exact) mass is 652 g/mol. The van der Waals surface area contributed by atoms with Crippen LogP contribution in [0.2, 0.25) is 0 Å². The van der Waals surface area contributed by atoms with E-state index in [2.05, 4.69) is 0 Å². The molecule has 0 aromatic carbocycles. The van der Waals surface area contributed by atoms with Gasteiger partial charge in [-0.2, -0.15) is 61.5 Å². The second kappa shape index (κ2) is 10.4. The van der Waals surface area contributed by atoms with Gasteiger partial charge in [-0.15, -0.1) is 11.3 Å². The Kier molecular flexibility index (Phi) is 8.77.